The van der Waals surface area contributed by atoms with Gasteiger partial charge in [0, 0.05) is 0 Å². The summed E-state index contributed by atoms with van der Waals surface area (Å²) in [5.74, 6) is 0. The molecule has 0 aromatic rings. The lowest BCUT2D eigenvalue weighted by molar-refractivity contribution is 0.276. The van der Waals surface area contributed by atoms with Gasteiger partial charge in [0.05, 0.1) is 0 Å². The first-order valence-corrected chi connectivity index (χ1v) is 6.27. The van der Waals surface area contributed by atoms with Crippen molar-refractivity contribution >= 4 is 0 Å². The van der Waals surface area contributed by atoms with Gasteiger partial charge in [-0.3, -0.25) is 0 Å². The van der Waals surface area contributed by atoms with E-state index in [0.29, 0.717) is 0 Å². The van der Waals surface area contributed by atoms with Gasteiger partial charge >= 0.3 is 0 Å². The molecule has 0 aliphatic carbocycles. The molecule has 0 saturated carbocycles. The fraction of sp³-hybridized carbons (Fsp3) is 1.00. The van der Waals surface area contributed by atoms with E-state index in [4.69, 9.17) is 5.73 Å². The second-order valence-corrected chi connectivity index (χ2v) is 3.99. The van der Waals surface area contributed by atoms with Crippen molar-refractivity contribution in [3.05, 3.63) is 0 Å². The second-order valence-electron chi connectivity index (χ2n) is 3.99. The molecule has 0 aromatic heterocycles. The first kappa shape index (κ1) is 13.9. The quantitative estimate of drug-likeness (QED) is 0.549. The van der Waals surface area contributed by atoms with Crippen molar-refractivity contribution in [3.8, 4) is 0 Å². The van der Waals surface area contributed by atoms with Gasteiger partial charge in [0.25, 0.3) is 0 Å². The van der Waals surface area contributed by atoms with Crippen LogP contribution in [0.15, 0.2) is 0 Å². The van der Waals surface area contributed by atoms with Gasteiger partial charge in [0.2, 0.25) is 0 Å². The predicted octanol–water partition coefficient (Wildman–Crippen LogP) is 2.63. The first-order chi connectivity index (χ1) is 6.85. The highest BCUT2D eigenvalue weighted by molar-refractivity contribution is 4.55. The Balaban J connectivity index is 3.24. The van der Waals surface area contributed by atoms with Gasteiger partial charge in [-0.15, -0.1) is 0 Å². The normalized spacial score (nSPS) is 11.1. The Morgan fingerprint density at radius 3 is 2.07 bits per heavy atom. The summed E-state index contributed by atoms with van der Waals surface area (Å²) < 4.78 is 0. The minimum absolute atomic E-state index is 0.854. The van der Waals surface area contributed by atoms with Gasteiger partial charge in [-0.1, -0.05) is 33.1 Å². The molecule has 0 saturated heterocycles. The second kappa shape index (κ2) is 11.0. The molecule has 2 nitrogen and oxygen atoms in total. The molecule has 0 rings (SSSR count). The third-order valence-corrected chi connectivity index (χ3v) is 2.70. The molecular weight excluding hydrogens is 172 g/mol. The SMILES string of the molecule is CCCCN(CC)CCCCCCN. The highest BCUT2D eigenvalue weighted by atomic mass is 15.1. The van der Waals surface area contributed by atoms with E-state index >= 15 is 0 Å². The van der Waals surface area contributed by atoms with Gasteiger partial charge < -0.3 is 10.6 Å². The van der Waals surface area contributed by atoms with E-state index in [1.807, 2.05) is 0 Å². The highest BCUT2D eigenvalue weighted by Crippen LogP contribution is 2.02. The van der Waals surface area contributed by atoms with Crippen LogP contribution in [-0.2, 0) is 0 Å². The molecule has 0 fully saturated rings. The van der Waals surface area contributed by atoms with Crippen molar-refractivity contribution in [1.82, 2.24) is 4.90 Å². The number of hydrogen-bond acceptors (Lipinski definition) is 2. The Bertz CT molecular complexity index is 104. The van der Waals surface area contributed by atoms with Crippen molar-refractivity contribution in [3.63, 3.8) is 0 Å². The summed E-state index contributed by atoms with van der Waals surface area (Å²) in [5.41, 5.74) is 5.45. The van der Waals surface area contributed by atoms with Crippen LogP contribution in [0, 0.1) is 0 Å². The average Bonchev–Trinajstić information content (AvgIpc) is 2.22. The molecule has 0 aliphatic rings. The van der Waals surface area contributed by atoms with E-state index in [-0.39, 0.29) is 0 Å². The Kier molecular flexibility index (Phi) is 10.9. The van der Waals surface area contributed by atoms with Crippen LogP contribution in [0.1, 0.15) is 52.4 Å². The van der Waals surface area contributed by atoms with Crippen molar-refractivity contribution in [2.75, 3.05) is 26.2 Å². The average molecular weight is 200 g/mol. The molecule has 0 unspecified atom stereocenters. The molecule has 86 valence electrons. The van der Waals surface area contributed by atoms with Crippen molar-refractivity contribution in [2.24, 2.45) is 5.73 Å². The Morgan fingerprint density at radius 1 is 0.857 bits per heavy atom. The third kappa shape index (κ3) is 8.52. The zero-order valence-corrected chi connectivity index (χ0v) is 10.1. The van der Waals surface area contributed by atoms with Crippen molar-refractivity contribution < 1.29 is 0 Å². The molecule has 2 heteroatoms. The Hall–Kier alpha value is -0.0800. The van der Waals surface area contributed by atoms with Crippen LogP contribution >= 0.6 is 0 Å². The van der Waals surface area contributed by atoms with E-state index in [1.54, 1.807) is 0 Å². The molecule has 0 aliphatic heterocycles. The van der Waals surface area contributed by atoms with Crippen molar-refractivity contribution in [1.29, 1.82) is 0 Å². The standard InChI is InChI=1S/C12H28N2/c1-3-5-11-14(4-2)12-9-7-6-8-10-13/h3-13H2,1-2H3. The number of rotatable bonds is 10. The fourth-order valence-electron chi connectivity index (χ4n) is 1.64. The number of nitrogens with zero attached hydrogens (tertiary/aromatic N) is 1. The summed E-state index contributed by atoms with van der Waals surface area (Å²) in [5, 5.41) is 0. The van der Waals surface area contributed by atoms with Crippen LogP contribution in [0.5, 0.6) is 0 Å². The monoisotopic (exact) mass is 200 g/mol. The molecular formula is C12H28N2. The summed E-state index contributed by atoms with van der Waals surface area (Å²) in [4.78, 5) is 2.56. The maximum atomic E-state index is 5.45. The van der Waals surface area contributed by atoms with Gasteiger partial charge in [-0.05, 0) is 45.4 Å². The lowest BCUT2D eigenvalue weighted by Crippen LogP contribution is -2.25. The number of hydrogen-bond donors (Lipinski definition) is 1. The minimum atomic E-state index is 0.854. The third-order valence-electron chi connectivity index (χ3n) is 2.70. The predicted molar refractivity (Wildman–Crippen MR) is 64.5 cm³/mol. The Labute approximate surface area is 89.9 Å². The smallest absolute Gasteiger partial charge is 0.00189 e. The summed E-state index contributed by atoms with van der Waals surface area (Å²) >= 11 is 0. The van der Waals surface area contributed by atoms with Crippen LogP contribution in [0.4, 0.5) is 0 Å². The van der Waals surface area contributed by atoms with Gasteiger partial charge in [-0.25, -0.2) is 0 Å². The summed E-state index contributed by atoms with van der Waals surface area (Å²) in [6.45, 7) is 9.14. The fourth-order valence-corrected chi connectivity index (χ4v) is 1.64. The molecule has 0 heterocycles. The lowest BCUT2D eigenvalue weighted by Gasteiger charge is -2.19. The molecule has 2 N–H and O–H groups in total. The zero-order valence-electron chi connectivity index (χ0n) is 10.1. The maximum Gasteiger partial charge on any atom is -0.00189 e. The zero-order chi connectivity index (χ0) is 10.6. The van der Waals surface area contributed by atoms with E-state index < -0.39 is 0 Å². The van der Waals surface area contributed by atoms with Gasteiger partial charge in [0.1, 0.15) is 0 Å². The number of nitrogens with two attached hydrogens (primary N) is 1. The van der Waals surface area contributed by atoms with Crippen LogP contribution in [0.3, 0.4) is 0 Å². The van der Waals surface area contributed by atoms with Crippen LogP contribution in [0.2, 0.25) is 0 Å². The van der Waals surface area contributed by atoms with E-state index in [0.717, 1.165) is 6.54 Å². The molecule has 0 aromatic carbocycles. The molecule has 0 bridgehead atoms. The van der Waals surface area contributed by atoms with Gasteiger partial charge in [-0.2, -0.15) is 0 Å². The molecule has 0 amide bonds. The van der Waals surface area contributed by atoms with E-state index in [2.05, 4.69) is 18.7 Å². The minimum Gasteiger partial charge on any atom is -0.330 e. The largest absolute Gasteiger partial charge is 0.330 e. The maximum absolute atomic E-state index is 5.45. The molecule has 0 radical (unpaired) electrons. The first-order valence-electron chi connectivity index (χ1n) is 6.27. The molecule has 0 spiro atoms. The van der Waals surface area contributed by atoms with Crippen molar-refractivity contribution in [2.45, 2.75) is 52.4 Å². The molecule has 0 atom stereocenters. The highest BCUT2D eigenvalue weighted by Gasteiger charge is 2.00. The van der Waals surface area contributed by atoms with Crippen LogP contribution in [-0.4, -0.2) is 31.1 Å². The van der Waals surface area contributed by atoms with E-state index in [9.17, 15) is 0 Å². The van der Waals surface area contributed by atoms with Crippen LogP contribution in [0.25, 0.3) is 0 Å². The summed E-state index contributed by atoms with van der Waals surface area (Å²) in [6, 6.07) is 0. The Morgan fingerprint density at radius 2 is 1.50 bits per heavy atom. The topological polar surface area (TPSA) is 29.3 Å². The number of unbranched alkanes of at least 4 members (excludes halogenated alkanes) is 4. The van der Waals surface area contributed by atoms with E-state index in [1.165, 1.54) is 58.2 Å². The summed E-state index contributed by atoms with van der Waals surface area (Å²) in [7, 11) is 0. The lowest BCUT2D eigenvalue weighted by atomic mass is 10.2. The van der Waals surface area contributed by atoms with Crippen LogP contribution < -0.4 is 5.73 Å². The molecule has 14 heavy (non-hydrogen) atoms. The summed E-state index contributed by atoms with van der Waals surface area (Å²) in [6.07, 6.45) is 7.85. The van der Waals surface area contributed by atoms with Gasteiger partial charge in [0.15, 0.2) is 0 Å².